The van der Waals surface area contributed by atoms with Gasteiger partial charge in [0.15, 0.2) is 0 Å². The number of rotatable bonds is 4. The maximum Gasteiger partial charge on any atom is 0.0492 e. The maximum atomic E-state index is 6.29. The lowest BCUT2D eigenvalue weighted by molar-refractivity contribution is 0.280. The van der Waals surface area contributed by atoms with Crippen LogP contribution in [-0.2, 0) is 0 Å². The Balaban J connectivity index is 1.77. The fourth-order valence-electron chi connectivity index (χ4n) is 4.08. The van der Waals surface area contributed by atoms with Crippen LogP contribution in [-0.4, -0.2) is 0 Å². The largest absolute Gasteiger partial charge is 0.271 e. The minimum Gasteiger partial charge on any atom is -0.271 e. The van der Waals surface area contributed by atoms with Crippen molar-refractivity contribution in [3.8, 4) is 0 Å². The molecule has 0 amide bonds. The Bertz CT molecular complexity index is 443. The van der Waals surface area contributed by atoms with E-state index in [1.807, 2.05) is 18.2 Å². The predicted molar refractivity (Wildman–Crippen MR) is 80.1 cm³/mol. The van der Waals surface area contributed by atoms with E-state index in [0.717, 1.165) is 29.7 Å². The van der Waals surface area contributed by atoms with Gasteiger partial charge in [0.2, 0.25) is 0 Å². The topological polar surface area (TPSA) is 38.0 Å². The van der Waals surface area contributed by atoms with Crippen LogP contribution < -0.4 is 11.3 Å². The average molecular weight is 299 g/mol. The first kappa shape index (κ1) is 13.7. The van der Waals surface area contributed by atoms with Gasteiger partial charge in [0, 0.05) is 21.7 Å². The van der Waals surface area contributed by atoms with Gasteiger partial charge >= 0.3 is 0 Å². The number of benzene rings is 1. The Morgan fingerprint density at radius 2 is 1.95 bits per heavy atom. The van der Waals surface area contributed by atoms with Crippen LogP contribution in [0.25, 0.3) is 0 Å². The molecule has 0 spiro atoms. The van der Waals surface area contributed by atoms with Crippen LogP contribution in [0.3, 0.4) is 0 Å². The quantitative estimate of drug-likeness (QED) is 0.641. The van der Waals surface area contributed by atoms with Crippen molar-refractivity contribution in [1.82, 2.24) is 5.43 Å². The predicted octanol–water partition coefficient (Wildman–Crippen LogP) is 4.32. The number of nitrogens with two attached hydrogens (primary N) is 1. The second-order valence-electron chi connectivity index (χ2n) is 6.03. The molecule has 4 atom stereocenters. The minimum atomic E-state index is 0.0607. The zero-order valence-electron chi connectivity index (χ0n) is 10.9. The fourth-order valence-corrected chi connectivity index (χ4v) is 4.74. The molecule has 1 aromatic carbocycles. The number of hydrazine groups is 1. The Kier molecular flexibility index (Phi) is 4.04. The summed E-state index contributed by atoms with van der Waals surface area (Å²) in [6, 6.07) is 5.70. The summed E-state index contributed by atoms with van der Waals surface area (Å²) in [5.41, 5.74) is 3.87. The molecule has 1 aromatic rings. The van der Waals surface area contributed by atoms with E-state index < -0.39 is 0 Å². The molecule has 4 heteroatoms. The van der Waals surface area contributed by atoms with Crippen LogP contribution >= 0.6 is 23.2 Å². The van der Waals surface area contributed by atoms with Crippen molar-refractivity contribution in [2.75, 3.05) is 0 Å². The summed E-state index contributed by atoms with van der Waals surface area (Å²) in [5, 5.41) is 1.41. The van der Waals surface area contributed by atoms with Crippen molar-refractivity contribution in [2.45, 2.75) is 38.1 Å². The van der Waals surface area contributed by atoms with Gasteiger partial charge in [-0.2, -0.15) is 0 Å². The average Bonchev–Trinajstić information content (AvgIpc) is 2.99. The molecule has 2 aliphatic rings. The third kappa shape index (κ3) is 2.64. The van der Waals surface area contributed by atoms with Crippen LogP contribution in [0.1, 0.15) is 43.7 Å². The molecule has 0 aromatic heterocycles. The van der Waals surface area contributed by atoms with E-state index >= 15 is 0 Å². The summed E-state index contributed by atoms with van der Waals surface area (Å²) < 4.78 is 0. The third-order valence-electron chi connectivity index (χ3n) is 4.97. The van der Waals surface area contributed by atoms with Crippen molar-refractivity contribution in [3.05, 3.63) is 33.8 Å². The molecule has 0 radical (unpaired) electrons. The van der Waals surface area contributed by atoms with Crippen LogP contribution in [0.4, 0.5) is 0 Å². The van der Waals surface area contributed by atoms with Crippen LogP contribution in [0.15, 0.2) is 18.2 Å². The zero-order valence-corrected chi connectivity index (χ0v) is 12.4. The van der Waals surface area contributed by atoms with E-state index in [0.29, 0.717) is 10.0 Å². The molecule has 2 aliphatic carbocycles. The van der Waals surface area contributed by atoms with Crippen molar-refractivity contribution in [2.24, 2.45) is 23.6 Å². The smallest absolute Gasteiger partial charge is 0.0492 e. The van der Waals surface area contributed by atoms with Gasteiger partial charge in [-0.05, 0) is 55.6 Å². The molecule has 2 fully saturated rings. The molecule has 104 valence electrons. The minimum absolute atomic E-state index is 0.0607. The van der Waals surface area contributed by atoms with Gasteiger partial charge in [-0.25, -0.2) is 0 Å². The molecule has 2 bridgehead atoms. The molecular formula is C15H20Cl2N2. The third-order valence-corrected chi connectivity index (χ3v) is 5.63. The Morgan fingerprint density at radius 3 is 2.47 bits per heavy atom. The van der Waals surface area contributed by atoms with E-state index in [4.69, 9.17) is 29.0 Å². The summed E-state index contributed by atoms with van der Waals surface area (Å²) in [7, 11) is 0. The molecule has 0 heterocycles. The Morgan fingerprint density at radius 1 is 1.21 bits per heavy atom. The lowest BCUT2D eigenvalue weighted by Crippen LogP contribution is -2.31. The molecule has 3 rings (SSSR count). The molecule has 0 saturated heterocycles. The summed E-state index contributed by atoms with van der Waals surface area (Å²) >= 11 is 12.6. The molecular weight excluding hydrogens is 279 g/mol. The highest BCUT2D eigenvalue weighted by Crippen LogP contribution is 2.51. The molecule has 2 saturated carbocycles. The van der Waals surface area contributed by atoms with E-state index in [2.05, 4.69) is 5.43 Å². The van der Waals surface area contributed by atoms with Gasteiger partial charge in [0.1, 0.15) is 0 Å². The summed E-state index contributed by atoms with van der Waals surface area (Å²) in [6.07, 6.45) is 6.63. The molecule has 4 unspecified atom stereocenters. The van der Waals surface area contributed by atoms with E-state index in [9.17, 15) is 0 Å². The monoisotopic (exact) mass is 298 g/mol. The first-order valence-corrected chi connectivity index (χ1v) is 7.84. The lowest BCUT2D eigenvalue weighted by atomic mass is 9.83. The number of hydrogen-bond donors (Lipinski definition) is 2. The normalized spacial score (nSPS) is 30.8. The van der Waals surface area contributed by atoms with Crippen molar-refractivity contribution < 1.29 is 0 Å². The first-order chi connectivity index (χ1) is 9.19. The van der Waals surface area contributed by atoms with E-state index in [-0.39, 0.29) is 6.04 Å². The second kappa shape index (κ2) is 5.61. The number of hydrogen-bond acceptors (Lipinski definition) is 2. The molecule has 3 N–H and O–H groups in total. The van der Waals surface area contributed by atoms with Crippen LogP contribution in [0.2, 0.25) is 10.0 Å². The Hall–Kier alpha value is -0.280. The summed E-state index contributed by atoms with van der Waals surface area (Å²) in [6.45, 7) is 0. The van der Waals surface area contributed by atoms with Crippen LogP contribution in [0, 0.1) is 17.8 Å². The number of fused-ring (bicyclic) bond motifs is 2. The molecule has 0 aliphatic heterocycles. The number of halogens is 2. The van der Waals surface area contributed by atoms with Gasteiger partial charge in [-0.15, -0.1) is 0 Å². The van der Waals surface area contributed by atoms with Gasteiger partial charge in [0.05, 0.1) is 0 Å². The summed E-state index contributed by atoms with van der Waals surface area (Å²) in [4.78, 5) is 0. The highest BCUT2D eigenvalue weighted by molar-refractivity contribution is 6.36. The standard InChI is InChI=1S/C15H20Cl2N2/c16-12-2-1-3-13(17)15(12)14(19-18)8-11-7-9-4-5-10(11)6-9/h1-3,9-11,14,19H,4-8,18H2. The van der Waals surface area contributed by atoms with Crippen LogP contribution in [0.5, 0.6) is 0 Å². The van der Waals surface area contributed by atoms with Gasteiger partial charge in [-0.1, -0.05) is 35.7 Å². The first-order valence-electron chi connectivity index (χ1n) is 7.09. The highest BCUT2D eigenvalue weighted by Gasteiger charge is 2.40. The van der Waals surface area contributed by atoms with Gasteiger partial charge in [-0.3, -0.25) is 11.3 Å². The maximum absolute atomic E-state index is 6.29. The number of nitrogens with one attached hydrogen (secondary N) is 1. The van der Waals surface area contributed by atoms with Gasteiger partial charge < -0.3 is 0 Å². The molecule has 2 nitrogen and oxygen atoms in total. The van der Waals surface area contributed by atoms with E-state index in [1.54, 1.807) is 0 Å². The van der Waals surface area contributed by atoms with Crippen molar-refractivity contribution in [1.29, 1.82) is 0 Å². The Labute approximate surface area is 124 Å². The second-order valence-corrected chi connectivity index (χ2v) is 6.84. The van der Waals surface area contributed by atoms with Gasteiger partial charge in [0.25, 0.3) is 0 Å². The summed E-state index contributed by atoms with van der Waals surface area (Å²) in [5.74, 6) is 8.37. The SMILES string of the molecule is NNC(CC1CC2CCC1C2)c1c(Cl)cccc1Cl. The fraction of sp³-hybridized carbons (Fsp3) is 0.600. The van der Waals surface area contributed by atoms with Crippen molar-refractivity contribution in [3.63, 3.8) is 0 Å². The van der Waals surface area contributed by atoms with E-state index in [1.165, 1.54) is 25.7 Å². The highest BCUT2D eigenvalue weighted by atomic mass is 35.5. The molecule has 19 heavy (non-hydrogen) atoms. The zero-order chi connectivity index (χ0) is 13.4. The van der Waals surface area contributed by atoms with Crippen molar-refractivity contribution >= 4 is 23.2 Å². The lowest BCUT2D eigenvalue weighted by Gasteiger charge is -2.27.